The maximum atomic E-state index is 11.0. The molecule has 1 aliphatic carbocycles. The molecule has 1 fully saturated rings. The van der Waals surface area contributed by atoms with E-state index in [2.05, 4.69) is 4.98 Å². The number of carbonyl (C=O) groups is 1. The monoisotopic (exact) mass is 289 g/mol. The molecular weight excluding hydrogens is 274 g/mol. The third kappa shape index (κ3) is 2.67. The summed E-state index contributed by atoms with van der Waals surface area (Å²) in [6.45, 7) is 0. The summed E-state index contributed by atoms with van der Waals surface area (Å²) in [7, 11) is 1.63. The molecule has 104 valence electrons. The molecule has 1 aliphatic rings. The van der Waals surface area contributed by atoms with Gasteiger partial charge in [0.1, 0.15) is 10.8 Å². The van der Waals surface area contributed by atoms with Gasteiger partial charge in [0.15, 0.2) is 0 Å². The van der Waals surface area contributed by atoms with Crippen molar-refractivity contribution in [1.29, 1.82) is 0 Å². The van der Waals surface area contributed by atoms with Crippen LogP contribution in [0.25, 0.3) is 10.6 Å². The van der Waals surface area contributed by atoms with Crippen LogP contribution in [0.2, 0.25) is 0 Å². The summed E-state index contributed by atoms with van der Waals surface area (Å²) in [5.41, 5.74) is 2.00. The first-order valence-corrected chi connectivity index (χ1v) is 7.35. The number of carboxylic acid groups (broad SMARTS) is 1. The first kappa shape index (κ1) is 13.1. The highest BCUT2D eigenvalue weighted by molar-refractivity contribution is 7.15. The van der Waals surface area contributed by atoms with Gasteiger partial charge in [0.05, 0.1) is 19.2 Å². The number of aromatic nitrogens is 1. The van der Waals surface area contributed by atoms with Gasteiger partial charge in [0, 0.05) is 16.4 Å². The first-order chi connectivity index (χ1) is 9.67. The highest BCUT2D eigenvalue weighted by atomic mass is 32.1. The molecular formula is C15H15NO3S. The van der Waals surface area contributed by atoms with Crippen LogP contribution >= 0.6 is 11.3 Å². The van der Waals surface area contributed by atoms with Gasteiger partial charge >= 0.3 is 5.97 Å². The maximum Gasteiger partial charge on any atom is 0.308 e. The molecule has 0 bridgehead atoms. The van der Waals surface area contributed by atoms with E-state index in [0.29, 0.717) is 5.92 Å². The van der Waals surface area contributed by atoms with E-state index in [1.54, 1.807) is 7.11 Å². The zero-order valence-electron chi connectivity index (χ0n) is 11.1. The summed E-state index contributed by atoms with van der Waals surface area (Å²) >= 11 is 1.49. The summed E-state index contributed by atoms with van der Waals surface area (Å²) in [5, 5.41) is 9.90. The van der Waals surface area contributed by atoms with Crippen molar-refractivity contribution in [2.45, 2.75) is 25.2 Å². The van der Waals surface area contributed by atoms with E-state index in [0.717, 1.165) is 39.7 Å². The van der Waals surface area contributed by atoms with Crippen molar-refractivity contribution in [3.63, 3.8) is 0 Å². The second-order valence-electron chi connectivity index (χ2n) is 4.90. The minimum atomic E-state index is -0.795. The number of rotatable bonds is 5. The van der Waals surface area contributed by atoms with Gasteiger partial charge in [0.2, 0.25) is 0 Å². The first-order valence-electron chi connectivity index (χ1n) is 6.53. The van der Waals surface area contributed by atoms with Crippen LogP contribution in [0.5, 0.6) is 5.75 Å². The number of nitrogens with zero attached hydrogens (tertiary/aromatic N) is 1. The molecule has 2 aromatic rings. The molecule has 5 heteroatoms. The van der Waals surface area contributed by atoms with Crippen molar-refractivity contribution in [3.05, 3.63) is 34.8 Å². The Balaban J connectivity index is 1.94. The van der Waals surface area contributed by atoms with Gasteiger partial charge in [0.25, 0.3) is 0 Å². The highest BCUT2D eigenvalue weighted by Gasteiger charge is 2.30. The molecule has 1 saturated carbocycles. The lowest BCUT2D eigenvalue weighted by molar-refractivity contribution is -0.136. The van der Waals surface area contributed by atoms with Gasteiger partial charge in [-0.25, -0.2) is 4.98 Å². The predicted octanol–water partition coefficient (Wildman–Crippen LogP) is 3.32. The van der Waals surface area contributed by atoms with Crippen LogP contribution in [0.4, 0.5) is 0 Å². The zero-order valence-corrected chi connectivity index (χ0v) is 11.9. The van der Waals surface area contributed by atoms with Gasteiger partial charge in [-0.1, -0.05) is 0 Å². The Bertz CT molecular complexity index is 629. The molecule has 0 spiro atoms. The number of hydrogen-bond donors (Lipinski definition) is 1. The fourth-order valence-electron chi connectivity index (χ4n) is 2.16. The van der Waals surface area contributed by atoms with Crippen LogP contribution in [0.15, 0.2) is 24.3 Å². The molecule has 0 saturated heterocycles. The molecule has 1 aromatic carbocycles. The van der Waals surface area contributed by atoms with E-state index in [1.807, 2.05) is 24.3 Å². The summed E-state index contributed by atoms with van der Waals surface area (Å²) in [4.78, 5) is 16.5. The number of thiazole rings is 1. The van der Waals surface area contributed by atoms with E-state index < -0.39 is 5.97 Å². The van der Waals surface area contributed by atoms with Crippen LogP contribution in [0.3, 0.4) is 0 Å². The molecule has 1 aromatic heterocycles. The lowest BCUT2D eigenvalue weighted by Gasteiger charge is -2.00. The minimum Gasteiger partial charge on any atom is -0.497 e. The number of benzene rings is 1. The van der Waals surface area contributed by atoms with Gasteiger partial charge in [-0.15, -0.1) is 11.3 Å². The van der Waals surface area contributed by atoms with Crippen LogP contribution in [-0.4, -0.2) is 23.2 Å². The highest BCUT2D eigenvalue weighted by Crippen LogP contribution is 2.44. The summed E-state index contributed by atoms with van der Waals surface area (Å²) in [5.74, 6) is 0.475. The second kappa shape index (κ2) is 5.25. The Kier molecular flexibility index (Phi) is 3.44. The zero-order chi connectivity index (χ0) is 14.1. The lowest BCUT2D eigenvalue weighted by Crippen LogP contribution is -2.00. The Morgan fingerprint density at radius 1 is 1.40 bits per heavy atom. The predicted molar refractivity (Wildman–Crippen MR) is 77.4 cm³/mol. The minimum absolute atomic E-state index is 0.0691. The van der Waals surface area contributed by atoms with Gasteiger partial charge in [-0.2, -0.15) is 0 Å². The molecule has 3 rings (SSSR count). The van der Waals surface area contributed by atoms with E-state index in [-0.39, 0.29) is 6.42 Å². The average Bonchev–Trinajstić information content (AvgIpc) is 3.20. The number of aliphatic carboxylic acids is 1. The maximum absolute atomic E-state index is 11.0. The van der Waals surface area contributed by atoms with Gasteiger partial charge < -0.3 is 9.84 Å². The van der Waals surface area contributed by atoms with Crippen molar-refractivity contribution in [2.24, 2.45) is 0 Å². The summed E-state index contributed by atoms with van der Waals surface area (Å²) in [6, 6.07) is 7.70. The third-order valence-electron chi connectivity index (χ3n) is 3.34. The van der Waals surface area contributed by atoms with Crippen molar-refractivity contribution in [2.75, 3.05) is 7.11 Å². The van der Waals surface area contributed by atoms with Gasteiger partial charge in [-0.3, -0.25) is 4.79 Å². The van der Waals surface area contributed by atoms with Crippen molar-refractivity contribution in [3.8, 4) is 16.3 Å². The molecule has 0 atom stereocenters. The fraction of sp³-hybridized carbons (Fsp3) is 0.333. The number of carboxylic acids is 1. The quantitative estimate of drug-likeness (QED) is 0.917. The number of hydrogen-bond acceptors (Lipinski definition) is 4. The Morgan fingerprint density at radius 2 is 2.10 bits per heavy atom. The molecule has 0 amide bonds. The smallest absolute Gasteiger partial charge is 0.308 e. The van der Waals surface area contributed by atoms with Crippen molar-refractivity contribution < 1.29 is 14.6 Å². The summed E-state index contributed by atoms with van der Waals surface area (Å²) in [6.07, 6.45) is 2.32. The third-order valence-corrected chi connectivity index (χ3v) is 4.46. The van der Waals surface area contributed by atoms with Crippen LogP contribution < -0.4 is 4.74 Å². The van der Waals surface area contributed by atoms with E-state index in [1.165, 1.54) is 11.3 Å². The molecule has 0 radical (unpaired) electrons. The molecule has 0 unspecified atom stereocenters. The van der Waals surface area contributed by atoms with E-state index in [9.17, 15) is 4.79 Å². The SMILES string of the molecule is COc1ccc(-c2nc(C3CC3)c(CC(=O)O)s2)cc1. The number of methoxy groups -OCH3 is 1. The normalized spacial score (nSPS) is 14.2. The van der Waals surface area contributed by atoms with Crippen molar-refractivity contribution >= 4 is 17.3 Å². The van der Waals surface area contributed by atoms with Crippen LogP contribution in [0, 0.1) is 0 Å². The van der Waals surface area contributed by atoms with Crippen LogP contribution in [0.1, 0.15) is 29.3 Å². The second-order valence-corrected chi connectivity index (χ2v) is 5.98. The molecule has 20 heavy (non-hydrogen) atoms. The Morgan fingerprint density at radius 3 is 2.65 bits per heavy atom. The Labute approximate surface area is 121 Å². The molecule has 1 heterocycles. The molecule has 4 nitrogen and oxygen atoms in total. The Hall–Kier alpha value is -1.88. The topological polar surface area (TPSA) is 59.4 Å². The fourth-order valence-corrected chi connectivity index (χ4v) is 3.30. The lowest BCUT2D eigenvalue weighted by atomic mass is 10.2. The standard InChI is InChI=1S/C15H15NO3S/c1-19-11-6-4-10(5-7-11)15-16-14(9-2-3-9)12(20-15)8-13(17)18/h4-7,9H,2-3,8H2,1H3,(H,17,18). The molecule has 0 aliphatic heterocycles. The van der Waals surface area contributed by atoms with E-state index in [4.69, 9.17) is 9.84 Å². The largest absolute Gasteiger partial charge is 0.497 e. The average molecular weight is 289 g/mol. The van der Waals surface area contributed by atoms with Crippen LogP contribution in [-0.2, 0) is 11.2 Å². The van der Waals surface area contributed by atoms with Gasteiger partial charge in [-0.05, 0) is 37.1 Å². The summed E-state index contributed by atoms with van der Waals surface area (Å²) < 4.78 is 5.14. The van der Waals surface area contributed by atoms with E-state index >= 15 is 0 Å². The number of ether oxygens (including phenoxy) is 1. The molecule has 1 N–H and O–H groups in total. The van der Waals surface area contributed by atoms with Crippen molar-refractivity contribution in [1.82, 2.24) is 4.98 Å².